The van der Waals surface area contributed by atoms with E-state index in [1.54, 1.807) is 31.0 Å². The number of pyridine rings is 1. The molecule has 2 N–H and O–H groups in total. The predicted molar refractivity (Wildman–Crippen MR) is 107 cm³/mol. The molecule has 1 saturated heterocycles. The van der Waals surface area contributed by atoms with E-state index in [2.05, 4.69) is 25.6 Å². The van der Waals surface area contributed by atoms with Crippen LogP contribution in [0.15, 0.2) is 30.5 Å². The maximum absolute atomic E-state index is 12.5. The summed E-state index contributed by atoms with van der Waals surface area (Å²) in [5.41, 5.74) is 1.08. The van der Waals surface area contributed by atoms with E-state index in [-0.39, 0.29) is 18.0 Å². The summed E-state index contributed by atoms with van der Waals surface area (Å²) in [5, 5.41) is 6.19. The van der Waals surface area contributed by atoms with Crippen LogP contribution in [0.2, 0.25) is 0 Å². The summed E-state index contributed by atoms with van der Waals surface area (Å²) < 4.78 is 5.04. The van der Waals surface area contributed by atoms with Gasteiger partial charge in [0.1, 0.15) is 17.3 Å². The van der Waals surface area contributed by atoms with Gasteiger partial charge in [-0.2, -0.15) is 0 Å². The molecule has 0 aromatic carbocycles. The molecule has 9 heteroatoms. The Balaban J connectivity index is 1.56. The predicted octanol–water partition coefficient (Wildman–Crippen LogP) is 2.14. The molecule has 0 radical (unpaired) electrons. The van der Waals surface area contributed by atoms with Gasteiger partial charge >= 0.3 is 6.09 Å². The molecule has 1 fully saturated rings. The van der Waals surface area contributed by atoms with E-state index in [0.717, 1.165) is 18.5 Å². The van der Waals surface area contributed by atoms with Gasteiger partial charge in [0.15, 0.2) is 0 Å². The van der Waals surface area contributed by atoms with E-state index in [1.165, 1.54) is 0 Å². The number of hydrogen-bond acceptors (Lipinski definition) is 7. The summed E-state index contributed by atoms with van der Waals surface area (Å²) >= 11 is 0. The highest BCUT2D eigenvalue weighted by molar-refractivity contribution is 5.92. The van der Waals surface area contributed by atoms with Crippen LogP contribution in [-0.4, -0.2) is 57.6 Å². The van der Waals surface area contributed by atoms with Crippen molar-refractivity contribution >= 4 is 17.8 Å². The molecule has 0 saturated carbocycles. The number of nitrogens with one attached hydrogen (secondary N) is 2. The monoisotopic (exact) mass is 398 g/mol. The van der Waals surface area contributed by atoms with Crippen LogP contribution < -0.4 is 10.6 Å². The van der Waals surface area contributed by atoms with Crippen molar-refractivity contribution in [1.29, 1.82) is 0 Å². The van der Waals surface area contributed by atoms with Crippen molar-refractivity contribution in [2.24, 2.45) is 0 Å². The first-order chi connectivity index (χ1) is 14.0. The number of likely N-dealkylation sites (tertiary alicyclic amines) is 1. The molecule has 3 rings (SSSR count). The number of carbonyl (C=O) groups excluding carboxylic acids is 2. The highest BCUT2D eigenvalue weighted by Gasteiger charge is 2.24. The summed E-state index contributed by atoms with van der Waals surface area (Å²) in [7, 11) is 0. The fraction of sp³-hybridized carbons (Fsp3) is 0.450. The van der Waals surface area contributed by atoms with Crippen molar-refractivity contribution in [3.8, 4) is 0 Å². The number of carbonyl (C=O) groups is 2. The van der Waals surface area contributed by atoms with Gasteiger partial charge in [0.05, 0.1) is 18.8 Å². The SMILES string of the molecule is CCOC(=O)N1CCC(Nc2cc(C(=O)NCc3ccccn3)nc(C)n2)CC1. The molecule has 1 aliphatic rings. The first-order valence-corrected chi connectivity index (χ1v) is 9.77. The lowest BCUT2D eigenvalue weighted by atomic mass is 10.1. The molecule has 1 aliphatic heterocycles. The van der Waals surface area contributed by atoms with Gasteiger partial charge in [-0.25, -0.2) is 14.8 Å². The topological polar surface area (TPSA) is 109 Å². The Bertz CT molecular complexity index is 837. The first-order valence-electron chi connectivity index (χ1n) is 9.77. The Morgan fingerprint density at radius 3 is 2.72 bits per heavy atom. The Labute approximate surface area is 169 Å². The van der Waals surface area contributed by atoms with E-state index in [9.17, 15) is 9.59 Å². The smallest absolute Gasteiger partial charge is 0.409 e. The maximum Gasteiger partial charge on any atom is 0.409 e. The Kier molecular flexibility index (Phi) is 6.94. The van der Waals surface area contributed by atoms with Crippen molar-refractivity contribution in [1.82, 2.24) is 25.2 Å². The summed E-state index contributed by atoms with van der Waals surface area (Å²) in [5.74, 6) is 0.846. The summed E-state index contributed by atoms with van der Waals surface area (Å²) in [6, 6.07) is 7.37. The van der Waals surface area contributed by atoms with Crippen molar-refractivity contribution in [2.45, 2.75) is 39.3 Å². The third kappa shape index (κ3) is 5.87. The van der Waals surface area contributed by atoms with Crippen LogP contribution in [0.25, 0.3) is 0 Å². The second kappa shape index (κ2) is 9.81. The lowest BCUT2D eigenvalue weighted by Crippen LogP contribution is -2.42. The molecule has 2 amide bonds. The van der Waals surface area contributed by atoms with Gasteiger partial charge in [0, 0.05) is 31.4 Å². The minimum absolute atomic E-state index is 0.166. The van der Waals surface area contributed by atoms with Gasteiger partial charge in [-0.05, 0) is 38.8 Å². The fourth-order valence-corrected chi connectivity index (χ4v) is 3.15. The van der Waals surface area contributed by atoms with Crippen molar-refractivity contribution in [3.63, 3.8) is 0 Å². The third-order valence-corrected chi connectivity index (χ3v) is 4.60. The van der Waals surface area contributed by atoms with Crippen LogP contribution in [-0.2, 0) is 11.3 Å². The van der Waals surface area contributed by atoms with Crippen molar-refractivity contribution in [3.05, 3.63) is 47.7 Å². The van der Waals surface area contributed by atoms with E-state index in [0.29, 0.717) is 43.6 Å². The Hall–Kier alpha value is -3.23. The number of aryl methyl sites for hydroxylation is 1. The maximum atomic E-state index is 12.5. The highest BCUT2D eigenvalue weighted by Crippen LogP contribution is 2.17. The normalized spacial score (nSPS) is 14.3. The molecule has 154 valence electrons. The number of amides is 2. The summed E-state index contributed by atoms with van der Waals surface area (Å²) in [4.78, 5) is 38.8. The van der Waals surface area contributed by atoms with Crippen LogP contribution in [0, 0.1) is 6.92 Å². The van der Waals surface area contributed by atoms with Crippen molar-refractivity contribution in [2.75, 3.05) is 25.0 Å². The van der Waals surface area contributed by atoms with Gasteiger partial charge in [0.2, 0.25) is 0 Å². The van der Waals surface area contributed by atoms with Gasteiger partial charge in [-0.3, -0.25) is 9.78 Å². The molecule has 0 atom stereocenters. The second-order valence-electron chi connectivity index (χ2n) is 6.79. The highest BCUT2D eigenvalue weighted by atomic mass is 16.6. The lowest BCUT2D eigenvalue weighted by molar-refractivity contribution is 0.0942. The van der Waals surface area contributed by atoms with Gasteiger partial charge in [-0.1, -0.05) is 6.07 Å². The number of ether oxygens (including phenoxy) is 1. The van der Waals surface area contributed by atoms with Crippen LogP contribution in [0.4, 0.5) is 10.6 Å². The number of nitrogens with zero attached hydrogens (tertiary/aromatic N) is 4. The van der Waals surface area contributed by atoms with E-state index >= 15 is 0 Å². The zero-order valence-electron chi connectivity index (χ0n) is 16.7. The standard InChI is InChI=1S/C20H26N6O3/c1-3-29-20(28)26-10-7-15(8-11-26)25-18-12-17(23-14(2)24-18)19(27)22-13-16-6-4-5-9-21-16/h4-6,9,12,15H,3,7-8,10-11,13H2,1-2H3,(H,22,27)(H,23,24,25). The zero-order valence-corrected chi connectivity index (χ0v) is 16.7. The Morgan fingerprint density at radius 1 is 1.24 bits per heavy atom. The third-order valence-electron chi connectivity index (χ3n) is 4.60. The first kappa shape index (κ1) is 20.5. The average Bonchev–Trinajstić information content (AvgIpc) is 2.73. The van der Waals surface area contributed by atoms with Crippen LogP contribution in [0.1, 0.15) is 41.8 Å². The minimum Gasteiger partial charge on any atom is -0.450 e. The number of hydrogen-bond donors (Lipinski definition) is 2. The molecular formula is C20H26N6O3. The molecular weight excluding hydrogens is 372 g/mol. The van der Waals surface area contributed by atoms with Gasteiger partial charge in [0.25, 0.3) is 5.91 Å². The molecule has 0 unspecified atom stereocenters. The summed E-state index contributed by atoms with van der Waals surface area (Å²) in [6.07, 6.45) is 2.98. The zero-order chi connectivity index (χ0) is 20.6. The number of aromatic nitrogens is 3. The molecule has 3 heterocycles. The van der Waals surface area contributed by atoms with E-state index in [4.69, 9.17) is 4.74 Å². The van der Waals surface area contributed by atoms with E-state index in [1.807, 2.05) is 18.2 Å². The molecule has 0 spiro atoms. The van der Waals surface area contributed by atoms with Gasteiger partial charge < -0.3 is 20.3 Å². The quantitative estimate of drug-likeness (QED) is 0.767. The largest absolute Gasteiger partial charge is 0.450 e. The molecule has 0 bridgehead atoms. The van der Waals surface area contributed by atoms with Gasteiger partial charge in [-0.15, -0.1) is 0 Å². The number of rotatable bonds is 6. The summed E-state index contributed by atoms with van der Waals surface area (Å²) in [6.45, 7) is 5.51. The van der Waals surface area contributed by atoms with Crippen molar-refractivity contribution < 1.29 is 14.3 Å². The molecule has 0 aliphatic carbocycles. The Morgan fingerprint density at radius 2 is 2.03 bits per heavy atom. The molecule has 29 heavy (non-hydrogen) atoms. The van der Waals surface area contributed by atoms with E-state index < -0.39 is 0 Å². The molecule has 9 nitrogen and oxygen atoms in total. The number of anilines is 1. The molecule has 2 aromatic heterocycles. The van der Waals surface area contributed by atoms with Crippen LogP contribution >= 0.6 is 0 Å². The number of piperidine rings is 1. The van der Waals surface area contributed by atoms with Crippen LogP contribution in [0.5, 0.6) is 0 Å². The minimum atomic E-state index is -0.277. The van der Waals surface area contributed by atoms with Crippen LogP contribution in [0.3, 0.4) is 0 Å². The lowest BCUT2D eigenvalue weighted by Gasteiger charge is -2.31. The molecule has 2 aromatic rings. The average molecular weight is 398 g/mol. The second-order valence-corrected chi connectivity index (χ2v) is 6.79. The fourth-order valence-electron chi connectivity index (χ4n) is 3.15.